The van der Waals surface area contributed by atoms with Crippen LogP contribution in [0, 0.1) is 0 Å². The van der Waals surface area contributed by atoms with Crippen molar-refractivity contribution in [3.05, 3.63) is 48.9 Å². The summed E-state index contributed by atoms with van der Waals surface area (Å²) in [7, 11) is 1.96. The van der Waals surface area contributed by atoms with Crippen LogP contribution in [-0.2, 0) is 7.05 Å². The standard InChI is InChI=1S/C14H16N4/c1-10-8-9-18(11(2)15-10)14-12-6-4-5-7-13(12)17(3)16-14/h4-7,15H,1-2,8-9H2,3H3. The zero-order valence-electron chi connectivity index (χ0n) is 10.5. The van der Waals surface area contributed by atoms with Crippen molar-refractivity contribution in [2.75, 3.05) is 11.4 Å². The van der Waals surface area contributed by atoms with E-state index in [9.17, 15) is 0 Å². The number of nitrogens with one attached hydrogen (secondary N) is 1. The maximum absolute atomic E-state index is 4.60. The van der Waals surface area contributed by atoms with Crippen molar-refractivity contribution >= 4 is 16.7 Å². The van der Waals surface area contributed by atoms with Crippen LogP contribution in [0.3, 0.4) is 0 Å². The summed E-state index contributed by atoms with van der Waals surface area (Å²) in [6, 6.07) is 8.23. The van der Waals surface area contributed by atoms with Gasteiger partial charge in [-0.2, -0.15) is 5.10 Å². The second-order valence-electron chi connectivity index (χ2n) is 4.54. The molecule has 1 aliphatic rings. The number of benzene rings is 1. The molecule has 1 aromatic heterocycles. The number of rotatable bonds is 1. The first kappa shape index (κ1) is 10.9. The molecule has 1 saturated heterocycles. The van der Waals surface area contributed by atoms with E-state index in [1.807, 2.05) is 23.9 Å². The van der Waals surface area contributed by atoms with Gasteiger partial charge in [0.15, 0.2) is 5.82 Å². The van der Waals surface area contributed by atoms with Crippen LogP contribution >= 0.6 is 0 Å². The number of hydrogen-bond acceptors (Lipinski definition) is 3. The minimum absolute atomic E-state index is 0.843. The fourth-order valence-electron chi connectivity index (χ4n) is 2.34. The van der Waals surface area contributed by atoms with Gasteiger partial charge in [-0.3, -0.25) is 4.68 Å². The van der Waals surface area contributed by atoms with Gasteiger partial charge in [-0.15, -0.1) is 0 Å². The molecule has 0 unspecified atom stereocenters. The highest BCUT2D eigenvalue weighted by atomic mass is 15.4. The van der Waals surface area contributed by atoms with E-state index < -0.39 is 0 Å². The lowest BCUT2D eigenvalue weighted by Crippen LogP contribution is -2.37. The van der Waals surface area contributed by atoms with Crippen LogP contribution in [-0.4, -0.2) is 16.3 Å². The average molecular weight is 240 g/mol. The van der Waals surface area contributed by atoms with E-state index in [0.29, 0.717) is 0 Å². The summed E-state index contributed by atoms with van der Waals surface area (Å²) in [5.41, 5.74) is 2.14. The highest BCUT2D eigenvalue weighted by molar-refractivity contribution is 5.91. The molecular weight excluding hydrogens is 224 g/mol. The van der Waals surface area contributed by atoms with E-state index in [1.165, 1.54) is 0 Å². The molecule has 2 heterocycles. The Bertz CT molecular complexity index is 638. The van der Waals surface area contributed by atoms with Gasteiger partial charge >= 0.3 is 0 Å². The van der Waals surface area contributed by atoms with Gasteiger partial charge < -0.3 is 10.2 Å². The zero-order valence-corrected chi connectivity index (χ0v) is 10.5. The Hall–Kier alpha value is -2.23. The minimum Gasteiger partial charge on any atom is -0.346 e. The molecule has 4 nitrogen and oxygen atoms in total. The van der Waals surface area contributed by atoms with E-state index in [0.717, 1.165) is 41.2 Å². The monoisotopic (exact) mass is 240 g/mol. The van der Waals surface area contributed by atoms with Gasteiger partial charge in [0.25, 0.3) is 0 Å². The summed E-state index contributed by atoms with van der Waals surface area (Å²) >= 11 is 0. The number of anilines is 1. The van der Waals surface area contributed by atoms with Crippen molar-refractivity contribution in [3.8, 4) is 0 Å². The van der Waals surface area contributed by atoms with Crippen molar-refractivity contribution < 1.29 is 0 Å². The number of hydrogen-bond donors (Lipinski definition) is 1. The second-order valence-corrected chi connectivity index (χ2v) is 4.54. The minimum atomic E-state index is 0.843. The van der Waals surface area contributed by atoms with E-state index in [-0.39, 0.29) is 0 Å². The molecule has 92 valence electrons. The van der Waals surface area contributed by atoms with E-state index >= 15 is 0 Å². The van der Waals surface area contributed by atoms with Crippen LogP contribution < -0.4 is 10.2 Å². The second kappa shape index (κ2) is 3.91. The topological polar surface area (TPSA) is 33.1 Å². The SMILES string of the molecule is C=C1CCN(c2nn(C)c3ccccc23)C(=C)N1. The van der Waals surface area contributed by atoms with Crippen molar-refractivity contribution in [2.24, 2.45) is 7.05 Å². The molecule has 1 aliphatic heterocycles. The molecule has 4 heteroatoms. The van der Waals surface area contributed by atoms with Crippen LogP contribution in [0.1, 0.15) is 6.42 Å². The van der Waals surface area contributed by atoms with Crippen LogP contribution in [0.15, 0.2) is 48.9 Å². The predicted octanol–water partition coefficient (Wildman–Crippen LogP) is 2.36. The van der Waals surface area contributed by atoms with Gasteiger partial charge in [0.05, 0.1) is 5.52 Å². The maximum Gasteiger partial charge on any atom is 0.164 e. The van der Waals surface area contributed by atoms with Crippen LogP contribution in [0.25, 0.3) is 10.9 Å². The Labute approximate surface area is 106 Å². The number of para-hydroxylation sites is 1. The molecule has 1 N–H and O–H groups in total. The lowest BCUT2D eigenvalue weighted by molar-refractivity contribution is 0.691. The first-order valence-corrected chi connectivity index (χ1v) is 6.00. The van der Waals surface area contributed by atoms with Gasteiger partial charge in [0.1, 0.15) is 5.82 Å². The van der Waals surface area contributed by atoms with Crippen molar-refractivity contribution in [2.45, 2.75) is 6.42 Å². The van der Waals surface area contributed by atoms with Crippen molar-refractivity contribution in [1.29, 1.82) is 0 Å². The fourth-order valence-corrected chi connectivity index (χ4v) is 2.34. The van der Waals surface area contributed by atoms with Gasteiger partial charge in [0, 0.05) is 31.1 Å². The maximum atomic E-state index is 4.60. The fraction of sp³-hybridized carbons (Fsp3) is 0.214. The molecule has 0 saturated carbocycles. The Morgan fingerprint density at radius 1 is 1.28 bits per heavy atom. The smallest absolute Gasteiger partial charge is 0.164 e. The zero-order chi connectivity index (χ0) is 12.7. The van der Waals surface area contributed by atoms with Crippen molar-refractivity contribution in [3.63, 3.8) is 0 Å². The molecule has 0 spiro atoms. The average Bonchev–Trinajstić information content (AvgIpc) is 2.68. The molecule has 0 aliphatic carbocycles. The molecule has 18 heavy (non-hydrogen) atoms. The Morgan fingerprint density at radius 3 is 2.83 bits per heavy atom. The molecule has 0 bridgehead atoms. The van der Waals surface area contributed by atoms with Crippen LogP contribution in [0.4, 0.5) is 5.82 Å². The lowest BCUT2D eigenvalue weighted by atomic mass is 10.2. The molecule has 1 fully saturated rings. The molecule has 0 atom stereocenters. The Kier molecular flexibility index (Phi) is 2.37. The molecule has 0 amide bonds. The largest absolute Gasteiger partial charge is 0.346 e. The summed E-state index contributed by atoms with van der Waals surface area (Å²) in [6.07, 6.45) is 0.907. The highest BCUT2D eigenvalue weighted by Gasteiger charge is 2.21. The number of fused-ring (bicyclic) bond motifs is 1. The van der Waals surface area contributed by atoms with Gasteiger partial charge in [-0.25, -0.2) is 0 Å². The lowest BCUT2D eigenvalue weighted by Gasteiger charge is -2.31. The summed E-state index contributed by atoms with van der Waals surface area (Å²) in [5.74, 6) is 1.80. The highest BCUT2D eigenvalue weighted by Crippen LogP contribution is 2.29. The summed E-state index contributed by atoms with van der Waals surface area (Å²) in [6.45, 7) is 8.85. The number of aromatic nitrogens is 2. The summed E-state index contributed by atoms with van der Waals surface area (Å²) < 4.78 is 1.90. The Morgan fingerprint density at radius 2 is 2.06 bits per heavy atom. The number of aryl methyl sites for hydroxylation is 1. The van der Waals surface area contributed by atoms with E-state index in [1.54, 1.807) is 0 Å². The quantitative estimate of drug-likeness (QED) is 0.830. The third-order valence-corrected chi connectivity index (χ3v) is 3.28. The third kappa shape index (κ3) is 1.57. The molecule has 0 radical (unpaired) electrons. The normalized spacial score (nSPS) is 16.2. The van der Waals surface area contributed by atoms with Gasteiger partial charge in [-0.1, -0.05) is 25.3 Å². The summed E-state index contributed by atoms with van der Waals surface area (Å²) in [5, 5.41) is 8.94. The van der Waals surface area contributed by atoms with Crippen LogP contribution in [0.2, 0.25) is 0 Å². The Balaban J connectivity index is 2.09. The summed E-state index contributed by atoms with van der Waals surface area (Å²) in [4.78, 5) is 2.11. The van der Waals surface area contributed by atoms with Gasteiger partial charge in [-0.05, 0) is 12.1 Å². The predicted molar refractivity (Wildman–Crippen MR) is 74.1 cm³/mol. The third-order valence-electron chi connectivity index (χ3n) is 3.28. The van der Waals surface area contributed by atoms with E-state index in [2.05, 4.69) is 40.6 Å². The van der Waals surface area contributed by atoms with E-state index in [4.69, 9.17) is 0 Å². The van der Waals surface area contributed by atoms with Crippen LogP contribution in [0.5, 0.6) is 0 Å². The first-order chi connectivity index (χ1) is 8.66. The first-order valence-electron chi connectivity index (χ1n) is 6.00. The molecule has 3 rings (SSSR count). The molecule has 1 aromatic carbocycles. The van der Waals surface area contributed by atoms with Gasteiger partial charge in [0.2, 0.25) is 0 Å². The molecular formula is C14H16N4. The molecule has 2 aromatic rings. The number of nitrogens with zero attached hydrogens (tertiary/aromatic N) is 3. The van der Waals surface area contributed by atoms with Crippen molar-refractivity contribution in [1.82, 2.24) is 15.1 Å².